The summed E-state index contributed by atoms with van der Waals surface area (Å²) >= 11 is 0. The van der Waals surface area contributed by atoms with Crippen molar-refractivity contribution in [1.82, 2.24) is 0 Å². The van der Waals surface area contributed by atoms with Gasteiger partial charge in [0, 0.05) is 0 Å². The first kappa shape index (κ1) is 7.69. The van der Waals surface area contributed by atoms with E-state index in [1.54, 1.807) is 12.3 Å². The molecule has 0 radical (unpaired) electrons. The van der Waals surface area contributed by atoms with E-state index in [0.29, 0.717) is 6.54 Å². The Balaban J connectivity index is 0.000000490. The molecule has 0 aromatic heterocycles. The Kier molecular flexibility index (Phi) is 3.52. The van der Waals surface area contributed by atoms with Crippen LogP contribution in [0.1, 0.15) is 0 Å². The van der Waals surface area contributed by atoms with Crippen LogP contribution in [0.3, 0.4) is 0 Å². The standard InChI is InChI=1S/C5H7NO.ClH/c7-6-4-2-1-3-5-6;/h1-4,6H,5H2;1H/p-1. The zero-order valence-electron chi connectivity index (χ0n) is 4.30. The van der Waals surface area contributed by atoms with Crippen LogP contribution in [0.4, 0.5) is 0 Å². The third-order valence-electron chi connectivity index (χ3n) is 0.848. The highest BCUT2D eigenvalue weighted by Crippen LogP contribution is 1.74. The molecule has 0 aliphatic carbocycles. The van der Waals surface area contributed by atoms with Crippen LogP contribution in [-0.2, 0) is 0 Å². The molecule has 2 nitrogen and oxygen atoms in total. The number of hydrogen-bond donors (Lipinski definition) is 1. The smallest absolute Gasteiger partial charge is 0.100 e. The Morgan fingerprint density at radius 1 is 1.38 bits per heavy atom. The van der Waals surface area contributed by atoms with E-state index in [2.05, 4.69) is 0 Å². The molecule has 0 saturated heterocycles. The predicted molar refractivity (Wildman–Crippen MR) is 27.5 cm³/mol. The molecule has 0 spiro atoms. The van der Waals surface area contributed by atoms with E-state index >= 15 is 0 Å². The molecular formula is C5H7ClNO-. The molecule has 0 bridgehead atoms. The number of hydrogen-bond acceptors (Lipinski definition) is 1. The molecule has 1 rings (SSSR count). The van der Waals surface area contributed by atoms with Gasteiger partial charge < -0.3 is 22.7 Å². The average Bonchev–Trinajstić information content (AvgIpc) is 1.69. The van der Waals surface area contributed by atoms with Gasteiger partial charge in [-0.2, -0.15) is 0 Å². The number of allylic oxidation sites excluding steroid dienone is 2. The maximum Gasteiger partial charge on any atom is 0.100 e. The quantitative estimate of drug-likeness (QED) is 0.340. The molecule has 8 heavy (non-hydrogen) atoms. The van der Waals surface area contributed by atoms with Crippen molar-refractivity contribution in [1.29, 1.82) is 0 Å². The van der Waals surface area contributed by atoms with E-state index < -0.39 is 0 Å². The summed E-state index contributed by atoms with van der Waals surface area (Å²) in [5.41, 5.74) is 0. The highest BCUT2D eigenvalue weighted by molar-refractivity contribution is 5.01. The molecule has 1 N–H and O–H groups in total. The fourth-order valence-corrected chi connectivity index (χ4v) is 0.494. The lowest BCUT2D eigenvalue weighted by atomic mass is 10.4. The van der Waals surface area contributed by atoms with Gasteiger partial charge in [-0.05, 0) is 12.2 Å². The maximum atomic E-state index is 10.3. The summed E-state index contributed by atoms with van der Waals surface area (Å²) in [7, 11) is 0. The third-order valence-corrected chi connectivity index (χ3v) is 0.848. The highest BCUT2D eigenvalue weighted by Gasteiger charge is 1.87. The molecule has 1 aliphatic rings. The van der Waals surface area contributed by atoms with Crippen molar-refractivity contribution < 1.29 is 17.5 Å². The molecule has 0 aromatic rings. The SMILES string of the molecule is [Cl-].[O-][NH+]1C=CC=CC1. The molecule has 0 fully saturated rings. The van der Waals surface area contributed by atoms with Crippen LogP contribution in [0.25, 0.3) is 0 Å². The van der Waals surface area contributed by atoms with Gasteiger partial charge in [-0.25, -0.2) is 0 Å². The van der Waals surface area contributed by atoms with E-state index in [0.717, 1.165) is 0 Å². The van der Waals surface area contributed by atoms with Gasteiger partial charge in [0.15, 0.2) is 0 Å². The van der Waals surface area contributed by atoms with Crippen LogP contribution < -0.4 is 17.5 Å². The van der Waals surface area contributed by atoms with Gasteiger partial charge in [-0.3, -0.25) is 0 Å². The van der Waals surface area contributed by atoms with Gasteiger partial charge in [0.2, 0.25) is 0 Å². The lowest BCUT2D eigenvalue weighted by Crippen LogP contribution is -3.02. The largest absolute Gasteiger partial charge is 1.00 e. The number of quaternary nitrogens is 1. The zero-order chi connectivity index (χ0) is 5.11. The summed E-state index contributed by atoms with van der Waals surface area (Å²) in [5, 5.41) is 10.5. The van der Waals surface area contributed by atoms with Crippen molar-refractivity contribution in [2.75, 3.05) is 6.54 Å². The molecule has 3 heteroatoms. The number of rotatable bonds is 0. The van der Waals surface area contributed by atoms with Gasteiger partial charge in [0.1, 0.15) is 6.54 Å². The fraction of sp³-hybridized carbons (Fsp3) is 0.200. The summed E-state index contributed by atoms with van der Waals surface area (Å²) in [5.74, 6) is 0. The Morgan fingerprint density at radius 3 is 2.38 bits per heavy atom. The van der Waals surface area contributed by atoms with E-state index in [1.165, 1.54) is 0 Å². The van der Waals surface area contributed by atoms with E-state index in [9.17, 15) is 5.21 Å². The van der Waals surface area contributed by atoms with Crippen LogP contribution in [0.2, 0.25) is 0 Å². The second-order valence-corrected chi connectivity index (χ2v) is 1.46. The first-order valence-electron chi connectivity index (χ1n) is 2.25. The first-order valence-corrected chi connectivity index (χ1v) is 2.25. The minimum absolute atomic E-state index is 0. The van der Waals surface area contributed by atoms with Crippen molar-refractivity contribution >= 4 is 0 Å². The third kappa shape index (κ3) is 2.12. The van der Waals surface area contributed by atoms with E-state index in [-0.39, 0.29) is 17.5 Å². The minimum Gasteiger partial charge on any atom is -1.00 e. The zero-order valence-corrected chi connectivity index (χ0v) is 5.06. The Bertz CT molecular complexity index is 111. The Labute approximate surface area is 54.5 Å². The van der Waals surface area contributed by atoms with Crippen LogP contribution in [-0.4, -0.2) is 6.54 Å². The van der Waals surface area contributed by atoms with Crippen molar-refractivity contribution in [3.63, 3.8) is 0 Å². The molecule has 0 aromatic carbocycles. The topological polar surface area (TPSA) is 27.5 Å². The highest BCUT2D eigenvalue weighted by atomic mass is 35.5. The fourth-order valence-electron chi connectivity index (χ4n) is 0.494. The van der Waals surface area contributed by atoms with Crippen LogP contribution in [0.5, 0.6) is 0 Å². The molecular weight excluding hydrogens is 126 g/mol. The normalized spacial score (nSPS) is 24.9. The van der Waals surface area contributed by atoms with Crippen molar-refractivity contribution in [2.24, 2.45) is 0 Å². The molecule has 1 aliphatic heterocycles. The van der Waals surface area contributed by atoms with Gasteiger partial charge >= 0.3 is 0 Å². The summed E-state index contributed by atoms with van der Waals surface area (Å²) in [6.45, 7) is 0.580. The van der Waals surface area contributed by atoms with E-state index in [1.807, 2.05) is 12.2 Å². The molecule has 1 atom stereocenters. The minimum atomic E-state index is 0. The van der Waals surface area contributed by atoms with Crippen molar-refractivity contribution in [2.45, 2.75) is 0 Å². The lowest BCUT2D eigenvalue weighted by molar-refractivity contribution is -0.784. The lowest BCUT2D eigenvalue weighted by Gasteiger charge is -2.15. The van der Waals surface area contributed by atoms with Gasteiger partial charge in [0.25, 0.3) is 0 Å². The van der Waals surface area contributed by atoms with Crippen LogP contribution in [0.15, 0.2) is 24.4 Å². The number of nitrogens with one attached hydrogen (secondary N) is 1. The van der Waals surface area contributed by atoms with Gasteiger partial charge in [-0.15, -0.1) is 0 Å². The number of halogens is 1. The maximum absolute atomic E-state index is 10.3. The molecule has 0 saturated carbocycles. The van der Waals surface area contributed by atoms with Crippen LogP contribution in [0, 0.1) is 5.21 Å². The van der Waals surface area contributed by atoms with Crippen molar-refractivity contribution in [3.8, 4) is 0 Å². The predicted octanol–water partition coefficient (Wildman–Crippen LogP) is -3.54. The van der Waals surface area contributed by atoms with Gasteiger partial charge in [0.05, 0.1) is 6.20 Å². The summed E-state index contributed by atoms with van der Waals surface area (Å²) < 4.78 is 0. The summed E-state index contributed by atoms with van der Waals surface area (Å²) in [4.78, 5) is 0. The molecule has 0 amide bonds. The van der Waals surface area contributed by atoms with E-state index in [4.69, 9.17) is 0 Å². The van der Waals surface area contributed by atoms with Crippen molar-refractivity contribution in [3.05, 3.63) is 29.6 Å². The molecule has 1 heterocycles. The second-order valence-electron chi connectivity index (χ2n) is 1.46. The first-order chi connectivity index (χ1) is 3.39. The summed E-state index contributed by atoms with van der Waals surface area (Å²) in [6.07, 6.45) is 7.07. The monoisotopic (exact) mass is 132 g/mol. The Morgan fingerprint density at radius 2 is 2.12 bits per heavy atom. The van der Waals surface area contributed by atoms with Gasteiger partial charge in [-0.1, -0.05) is 6.08 Å². The molecule has 46 valence electrons. The number of hydroxylamine groups is 2. The average molecular weight is 133 g/mol. The molecule has 1 unspecified atom stereocenters. The Hall–Kier alpha value is -0.310. The van der Waals surface area contributed by atoms with Crippen LogP contribution >= 0.6 is 0 Å². The summed E-state index contributed by atoms with van der Waals surface area (Å²) in [6, 6.07) is 0. The second kappa shape index (κ2) is 3.66.